The van der Waals surface area contributed by atoms with Gasteiger partial charge in [-0.2, -0.15) is 0 Å². The molecule has 2 amide bonds. The van der Waals surface area contributed by atoms with Crippen LogP contribution < -0.4 is 15.4 Å². The molecule has 0 aromatic heterocycles. The number of carbonyl (C=O) groups excluding carboxylic acids is 3. The maximum Gasteiger partial charge on any atom is 0.327 e. The van der Waals surface area contributed by atoms with E-state index in [0.717, 1.165) is 5.75 Å². The molecule has 174 valence electrons. The van der Waals surface area contributed by atoms with Gasteiger partial charge in [-0.05, 0) is 29.4 Å². The molecular formula is C22H35N2O6S+. The van der Waals surface area contributed by atoms with E-state index in [1.165, 1.54) is 32.6 Å². The van der Waals surface area contributed by atoms with Crippen molar-refractivity contribution in [2.75, 3.05) is 43.3 Å². The minimum atomic E-state index is -0.778. The molecule has 31 heavy (non-hydrogen) atoms. The molecule has 0 aliphatic rings. The van der Waals surface area contributed by atoms with Gasteiger partial charge in [-0.25, -0.2) is 0 Å². The highest BCUT2D eigenvalue weighted by atomic mass is 32.2. The molecule has 0 bridgehead atoms. The Balaban J connectivity index is 2.39. The zero-order valence-electron chi connectivity index (χ0n) is 18.9. The van der Waals surface area contributed by atoms with Gasteiger partial charge in [-0.1, -0.05) is 19.4 Å². The Labute approximate surface area is 187 Å². The fraction of sp³-hybridized carbons (Fsp3) is 0.591. The number of hydrogen-bond acceptors (Lipinski definition) is 6. The molecule has 9 heteroatoms. The van der Waals surface area contributed by atoms with Gasteiger partial charge in [0, 0.05) is 32.2 Å². The van der Waals surface area contributed by atoms with Crippen molar-refractivity contribution in [2.45, 2.75) is 45.8 Å². The second kappa shape index (κ2) is 15.5. The minimum Gasteiger partial charge on any atom is -0.493 e. The van der Waals surface area contributed by atoms with Crippen molar-refractivity contribution >= 4 is 34.4 Å². The average molecular weight is 456 g/mol. The maximum absolute atomic E-state index is 12.2. The first-order chi connectivity index (χ1) is 14.8. The van der Waals surface area contributed by atoms with Crippen molar-refractivity contribution in [3.05, 3.63) is 24.3 Å². The Kier molecular flexibility index (Phi) is 13.4. The van der Waals surface area contributed by atoms with Crippen LogP contribution >= 0.6 is 0 Å². The lowest BCUT2D eigenvalue weighted by Gasteiger charge is -2.17. The van der Waals surface area contributed by atoms with Crippen molar-refractivity contribution in [1.82, 2.24) is 5.32 Å². The maximum atomic E-state index is 12.2. The molecule has 0 aliphatic heterocycles. The number of nitrogens with one attached hydrogen (secondary N) is 2. The topological polar surface area (TPSA) is 103 Å². The number of anilines is 1. The van der Waals surface area contributed by atoms with Gasteiger partial charge in [0.25, 0.3) is 0 Å². The standard InChI is InChI=1S/C22H34N2O6S/c1-5-6-13-31(4)14-11-20(26)24-18-8-7-9-19(15-18)29-12-10-22(28-3)30-21(27)16-23-17(2)25/h7-9,15,22H,5-6,10-14,16H2,1-4H3,(H-,23,24,25,26)/p+1. The smallest absolute Gasteiger partial charge is 0.327 e. The minimum absolute atomic E-state index is 0.00136. The average Bonchev–Trinajstić information content (AvgIpc) is 2.74. The number of benzene rings is 1. The van der Waals surface area contributed by atoms with Crippen LogP contribution in [0.4, 0.5) is 5.69 Å². The van der Waals surface area contributed by atoms with Crippen molar-refractivity contribution < 1.29 is 28.6 Å². The highest BCUT2D eigenvalue weighted by Gasteiger charge is 2.15. The number of unbranched alkanes of at least 4 members (excludes halogenated alkanes) is 1. The summed E-state index contributed by atoms with van der Waals surface area (Å²) in [5.74, 6) is 1.78. The Morgan fingerprint density at radius 1 is 1.19 bits per heavy atom. The van der Waals surface area contributed by atoms with Gasteiger partial charge in [0.05, 0.1) is 19.3 Å². The van der Waals surface area contributed by atoms with E-state index in [-0.39, 0.29) is 35.9 Å². The second-order valence-electron chi connectivity index (χ2n) is 7.07. The third-order valence-electron chi connectivity index (χ3n) is 4.27. The van der Waals surface area contributed by atoms with Crippen LogP contribution in [-0.2, 0) is 34.8 Å². The van der Waals surface area contributed by atoms with Crippen LogP contribution in [0.1, 0.15) is 39.5 Å². The summed E-state index contributed by atoms with van der Waals surface area (Å²) in [4.78, 5) is 34.7. The number of carbonyl (C=O) groups is 3. The molecule has 0 fully saturated rings. The summed E-state index contributed by atoms with van der Waals surface area (Å²) in [6, 6.07) is 7.16. The Morgan fingerprint density at radius 2 is 1.97 bits per heavy atom. The molecule has 1 aromatic rings. The molecule has 0 radical (unpaired) electrons. The van der Waals surface area contributed by atoms with Crippen LogP contribution in [-0.4, -0.2) is 62.1 Å². The Bertz CT molecular complexity index is 700. The van der Waals surface area contributed by atoms with E-state index in [9.17, 15) is 14.4 Å². The Morgan fingerprint density at radius 3 is 2.65 bits per heavy atom. The summed E-state index contributed by atoms with van der Waals surface area (Å²) in [7, 11) is 1.70. The zero-order chi connectivity index (χ0) is 23.1. The number of rotatable bonds is 15. The van der Waals surface area contributed by atoms with Crippen LogP contribution in [0.3, 0.4) is 0 Å². The fourth-order valence-corrected chi connectivity index (χ4v) is 4.05. The van der Waals surface area contributed by atoms with E-state index >= 15 is 0 Å². The van der Waals surface area contributed by atoms with Crippen LogP contribution in [0.25, 0.3) is 0 Å². The molecule has 8 nitrogen and oxygen atoms in total. The van der Waals surface area contributed by atoms with Gasteiger partial charge < -0.3 is 24.8 Å². The number of esters is 1. The zero-order valence-corrected chi connectivity index (χ0v) is 19.7. The van der Waals surface area contributed by atoms with Crippen LogP contribution in [0, 0.1) is 0 Å². The fourth-order valence-electron chi connectivity index (χ4n) is 2.53. The number of hydrogen-bond donors (Lipinski definition) is 2. The van der Waals surface area contributed by atoms with E-state index in [2.05, 4.69) is 23.8 Å². The summed E-state index contributed by atoms with van der Waals surface area (Å²) in [5.41, 5.74) is 0.678. The molecular weight excluding hydrogens is 420 g/mol. The number of amides is 2. The molecule has 2 N–H and O–H groups in total. The summed E-state index contributed by atoms with van der Waals surface area (Å²) in [6.07, 6.45) is 4.64. The van der Waals surface area contributed by atoms with Crippen molar-refractivity contribution in [2.24, 2.45) is 0 Å². The third-order valence-corrected chi connectivity index (χ3v) is 6.16. The summed E-state index contributed by atoms with van der Waals surface area (Å²) in [5, 5.41) is 5.28. The SMILES string of the molecule is CCCC[S+](C)CCC(=O)Nc1cccc(OCCC(OC)OC(=O)CNC(C)=O)c1. The van der Waals surface area contributed by atoms with Gasteiger partial charge >= 0.3 is 5.97 Å². The van der Waals surface area contributed by atoms with Gasteiger partial charge in [-0.15, -0.1) is 0 Å². The van der Waals surface area contributed by atoms with Crippen LogP contribution in [0.2, 0.25) is 0 Å². The highest BCUT2D eigenvalue weighted by molar-refractivity contribution is 7.96. The first kappa shape index (κ1) is 26.8. The first-order valence-corrected chi connectivity index (χ1v) is 12.4. The monoisotopic (exact) mass is 455 g/mol. The van der Waals surface area contributed by atoms with Gasteiger partial charge in [0.2, 0.25) is 18.1 Å². The largest absolute Gasteiger partial charge is 0.493 e. The summed E-state index contributed by atoms with van der Waals surface area (Å²) < 4.78 is 15.9. The van der Waals surface area contributed by atoms with E-state index in [4.69, 9.17) is 14.2 Å². The summed E-state index contributed by atoms with van der Waals surface area (Å²) >= 11 is 0. The molecule has 1 rings (SSSR count). The van der Waals surface area contributed by atoms with Crippen molar-refractivity contribution in [3.8, 4) is 5.75 Å². The predicted octanol–water partition coefficient (Wildman–Crippen LogP) is 2.48. The molecule has 0 saturated carbocycles. The van der Waals surface area contributed by atoms with E-state index in [0.29, 0.717) is 24.3 Å². The first-order valence-electron chi connectivity index (χ1n) is 10.4. The Hall–Kier alpha value is -2.26. The van der Waals surface area contributed by atoms with Crippen molar-refractivity contribution in [1.29, 1.82) is 0 Å². The molecule has 0 heterocycles. The number of methoxy groups -OCH3 is 1. The van der Waals surface area contributed by atoms with Crippen LogP contribution in [0.15, 0.2) is 24.3 Å². The van der Waals surface area contributed by atoms with E-state index < -0.39 is 12.3 Å². The number of ether oxygens (including phenoxy) is 3. The molecule has 0 saturated heterocycles. The van der Waals surface area contributed by atoms with Gasteiger partial charge in [0.15, 0.2) is 0 Å². The van der Waals surface area contributed by atoms with Crippen LogP contribution in [0.5, 0.6) is 5.75 Å². The quantitative estimate of drug-likeness (QED) is 0.239. The summed E-state index contributed by atoms with van der Waals surface area (Å²) in [6.45, 7) is 3.53. The van der Waals surface area contributed by atoms with E-state index in [1.54, 1.807) is 18.2 Å². The molecule has 0 aliphatic carbocycles. The molecule has 0 spiro atoms. The lowest BCUT2D eigenvalue weighted by atomic mass is 10.3. The second-order valence-corrected chi connectivity index (χ2v) is 9.45. The highest BCUT2D eigenvalue weighted by Crippen LogP contribution is 2.18. The van der Waals surface area contributed by atoms with Gasteiger partial charge in [-0.3, -0.25) is 14.4 Å². The lowest BCUT2D eigenvalue weighted by molar-refractivity contribution is -0.174. The molecule has 2 unspecified atom stereocenters. The van der Waals surface area contributed by atoms with Gasteiger partial charge in [0.1, 0.15) is 23.8 Å². The van der Waals surface area contributed by atoms with Crippen molar-refractivity contribution in [3.63, 3.8) is 0 Å². The molecule has 2 atom stereocenters. The molecule has 1 aromatic carbocycles. The lowest BCUT2D eigenvalue weighted by Crippen LogP contribution is -2.32. The van der Waals surface area contributed by atoms with E-state index in [1.807, 2.05) is 6.07 Å². The normalized spacial score (nSPS) is 12.5. The predicted molar refractivity (Wildman–Crippen MR) is 123 cm³/mol. The third kappa shape index (κ3) is 12.9.